The number of halogens is 2. The number of aromatic nitrogens is 2. The van der Waals surface area contributed by atoms with Gasteiger partial charge in [0, 0.05) is 18.0 Å². The Kier molecular flexibility index (Phi) is 2.79. The van der Waals surface area contributed by atoms with Crippen LogP contribution in [0.25, 0.3) is 16.2 Å². The van der Waals surface area contributed by atoms with Crippen molar-refractivity contribution in [3.05, 3.63) is 46.6 Å². The van der Waals surface area contributed by atoms with Gasteiger partial charge in [-0.25, -0.2) is 18.6 Å². The van der Waals surface area contributed by atoms with Crippen LogP contribution < -0.4 is 0 Å². The standard InChI is InChI=1S/C13H8F2N2O2S/c1-6-2-9(15)7(3-8(6)14)10-4-17-5-11(12(18)19)20-13(17)16-10/h2-5H,1H3,(H,18,19). The van der Waals surface area contributed by atoms with Crippen LogP contribution in [0.5, 0.6) is 0 Å². The van der Waals surface area contributed by atoms with Crippen LogP contribution in [0.4, 0.5) is 8.78 Å². The van der Waals surface area contributed by atoms with Gasteiger partial charge in [0.2, 0.25) is 0 Å². The van der Waals surface area contributed by atoms with E-state index in [0.717, 1.165) is 23.5 Å². The number of aromatic carboxylic acids is 1. The summed E-state index contributed by atoms with van der Waals surface area (Å²) in [6.45, 7) is 1.48. The predicted octanol–water partition coefficient (Wildman–Crippen LogP) is 3.35. The minimum Gasteiger partial charge on any atom is -0.477 e. The summed E-state index contributed by atoms with van der Waals surface area (Å²) in [5.74, 6) is -2.12. The Labute approximate surface area is 115 Å². The number of carbonyl (C=O) groups is 1. The Hall–Kier alpha value is -2.28. The first-order valence-electron chi connectivity index (χ1n) is 5.63. The molecule has 0 bridgehead atoms. The number of hydrogen-bond acceptors (Lipinski definition) is 3. The van der Waals surface area contributed by atoms with Gasteiger partial charge < -0.3 is 5.11 Å². The van der Waals surface area contributed by atoms with Crippen LogP contribution in [-0.2, 0) is 0 Å². The van der Waals surface area contributed by atoms with Crippen LogP contribution in [0.3, 0.4) is 0 Å². The first-order chi connectivity index (χ1) is 9.45. The Morgan fingerprint density at radius 2 is 2.05 bits per heavy atom. The molecule has 1 aromatic carbocycles. The fraction of sp³-hybridized carbons (Fsp3) is 0.0769. The summed E-state index contributed by atoms with van der Waals surface area (Å²) in [7, 11) is 0. The van der Waals surface area contributed by atoms with Gasteiger partial charge >= 0.3 is 5.97 Å². The molecular formula is C13H8F2N2O2S. The number of benzene rings is 1. The van der Waals surface area contributed by atoms with E-state index in [9.17, 15) is 13.6 Å². The van der Waals surface area contributed by atoms with Gasteiger partial charge in [0.15, 0.2) is 4.96 Å². The van der Waals surface area contributed by atoms with Gasteiger partial charge in [-0.2, -0.15) is 0 Å². The molecule has 0 spiro atoms. The highest BCUT2D eigenvalue weighted by Gasteiger charge is 2.15. The van der Waals surface area contributed by atoms with Crippen LogP contribution in [0.15, 0.2) is 24.5 Å². The van der Waals surface area contributed by atoms with Crippen molar-refractivity contribution in [2.45, 2.75) is 6.92 Å². The average molecular weight is 294 g/mol. The molecule has 0 aliphatic rings. The Morgan fingerprint density at radius 1 is 1.30 bits per heavy atom. The molecule has 0 aliphatic heterocycles. The molecule has 0 fully saturated rings. The molecule has 0 radical (unpaired) electrons. The molecule has 0 amide bonds. The van der Waals surface area contributed by atoms with E-state index in [1.807, 2.05) is 0 Å². The number of hydrogen-bond donors (Lipinski definition) is 1. The molecule has 0 unspecified atom stereocenters. The lowest BCUT2D eigenvalue weighted by molar-refractivity contribution is 0.0702. The number of aryl methyl sites for hydroxylation is 1. The average Bonchev–Trinajstić information content (AvgIpc) is 2.91. The second-order valence-electron chi connectivity index (χ2n) is 4.30. The summed E-state index contributed by atoms with van der Waals surface area (Å²) in [4.78, 5) is 15.5. The summed E-state index contributed by atoms with van der Waals surface area (Å²) >= 11 is 0.970. The van der Waals surface area contributed by atoms with Crippen molar-refractivity contribution in [3.63, 3.8) is 0 Å². The molecule has 1 N–H and O–H groups in total. The number of carboxylic acids is 1. The third-order valence-electron chi connectivity index (χ3n) is 2.89. The highest BCUT2D eigenvalue weighted by molar-refractivity contribution is 7.18. The number of fused-ring (bicyclic) bond motifs is 1. The van der Waals surface area contributed by atoms with E-state index in [1.165, 1.54) is 23.7 Å². The number of carboxylic acid groups (broad SMARTS) is 1. The molecule has 20 heavy (non-hydrogen) atoms. The molecular weight excluding hydrogens is 286 g/mol. The Bertz CT molecular complexity index is 807. The highest BCUT2D eigenvalue weighted by atomic mass is 32.1. The normalized spacial score (nSPS) is 11.2. The molecule has 2 aromatic heterocycles. The van der Waals surface area contributed by atoms with Crippen LogP contribution in [-0.4, -0.2) is 20.5 Å². The maximum Gasteiger partial charge on any atom is 0.347 e. The second kappa shape index (κ2) is 4.38. The Balaban J connectivity index is 2.13. The number of nitrogens with zero attached hydrogens (tertiary/aromatic N) is 2. The number of rotatable bonds is 2. The molecule has 3 aromatic rings. The van der Waals surface area contributed by atoms with Crippen molar-refractivity contribution < 1.29 is 18.7 Å². The molecule has 4 nitrogen and oxygen atoms in total. The van der Waals surface area contributed by atoms with Crippen LogP contribution in [0.2, 0.25) is 0 Å². The lowest BCUT2D eigenvalue weighted by atomic mass is 10.1. The van der Waals surface area contributed by atoms with E-state index < -0.39 is 17.6 Å². The molecule has 0 saturated heterocycles. The van der Waals surface area contributed by atoms with Crippen molar-refractivity contribution >= 4 is 22.3 Å². The minimum atomic E-state index is -1.05. The summed E-state index contributed by atoms with van der Waals surface area (Å²) in [5.41, 5.74) is 0.547. The van der Waals surface area contributed by atoms with E-state index in [-0.39, 0.29) is 21.7 Å². The fourth-order valence-corrected chi connectivity index (χ4v) is 2.67. The van der Waals surface area contributed by atoms with Gasteiger partial charge in [0.25, 0.3) is 0 Å². The predicted molar refractivity (Wildman–Crippen MR) is 70.1 cm³/mol. The van der Waals surface area contributed by atoms with Crippen LogP contribution in [0, 0.1) is 18.6 Å². The quantitative estimate of drug-likeness (QED) is 0.788. The van der Waals surface area contributed by atoms with Crippen molar-refractivity contribution in [2.75, 3.05) is 0 Å². The topological polar surface area (TPSA) is 54.6 Å². The zero-order valence-corrected chi connectivity index (χ0v) is 11.0. The summed E-state index contributed by atoms with van der Waals surface area (Å²) in [5, 5.41) is 8.86. The zero-order chi connectivity index (χ0) is 14.4. The number of thiazole rings is 1. The van der Waals surface area contributed by atoms with Gasteiger partial charge in [-0.3, -0.25) is 4.40 Å². The number of imidazole rings is 1. The molecule has 0 saturated carbocycles. The first kappa shape index (κ1) is 12.7. The zero-order valence-electron chi connectivity index (χ0n) is 10.2. The fourth-order valence-electron chi connectivity index (χ4n) is 1.87. The highest BCUT2D eigenvalue weighted by Crippen LogP contribution is 2.27. The summed E-state index contributed by atoms with van der Waals surface area (Å²) < 4.78 is 28.9. The van der Waals surface area contributed by atoms with E-state index >= 15 is 0 Å². The van der Waals surface area contributed by atoms with Crippen molar-refractivity contribution in [1.29, 1.82) is 0 Å². The van der Waals surface area contributed by atoms with Gasteiger partial charge in [0.05, 0.1) is 5.69 Å². The van der Waals surface area contributed by atoms with E-state index in [1.54, 1.807) is 0 Å². The molecule has 102 valence electrons. The molecule has 3 rings (SSSR count). The van der Waals surface area contributed by atoms with E-state index in [2.05, 4.69) is 4.98 Å². The van der Waals surface area contributed by atoms with Crippen molar-refractivity contribution in [2.24, 2.45) is 0 Å². The van der Waals surface area contributed by atoms with E-state index in [0.29, 0.717) is 4.96 Å². The van der Waals surface area contributed by atoms with Gasteiger partial charge in [-0.1, -0.05) is 11.3 Å². The van der Waals surface area contributed by atoms with Gasteiger partial charge in [-0.15, -0.1) is 0 Å². The van der Waals surface area contributed by atoms with Crippen LogP contribution in [0.1, 0.15) is 15.2 Å². The summed E-state index contributed by atoms with van der Waals surface area (Å²) in [6, 6.07) is 2.20. The molecule has 0 atom stereocenters. The monoisotopic (exact) mass is 294 g/mol. The lowest BCUT2D eigenvalue weighted by Gasteiger charge is -2.02. The largest absolute Gasteiger partial charge is 0.477 e. The molecule has 7 heteroatoms. The first-order valence-corrected chi connectivity index (χ1v) is 6.45. The minimum absolute atomic E-state index is 0.0564. The van der Waals surface area contributed by atoms with Crippen molar-refractivity contribution in [3.8, 4) is 11.3 Å². The maximum atomic E-state index is 13.9. The van der Waals surface area contributed by atoms with E-state index in [4.69, 9.17) is 5.11 Å². The summed E-state index contributed by atoms with van der Waals surface area (Å²) in [6.07, 6.45) is 2.87. The lowest BCUT2D eigenvalue weighted by Crippen LogP contribution is -1.92. The van der Waals surface area contributed by atoms with Gasteiger partial charge in [-0.05, 0) is 24.6 Å². The SMILES string of the molecule is Cc1cc(F)c(-c2cn3cc(C(=O)O)sc3n2)cc1F. The molecule has 2 heterocycles. The smallest absolute Gasteiger partial charge is 0.347 e. The Morgan fingerprint density at radius 3 is 2.70 bits per heavy atom. The molecule has 0 aliphatic carbocycles. The third kappa shape index (κ3) is 1.96. The van der Waals surface area contributed by atoms with Crippen LogP contribution >= 0.6 is 11.3 Å². The van der Waals surface area contributed by atoms with Crippen molar-refractivity contribution in [1.82, 2.24) is 9.38 Å². The third-order valence-corrected chi connectivity index (χ3v) is 3.88. The second-order valence-corrected chi connectivity index (χ2v) is 5.31. The van der Waals surface area contributed by atoms with Gasteiger partial charge in [0.1, 0.15) is 16.5 Å². The maximum absolute atomic E-state index is 13.9.